The van der Waals surface area contributed by atoms with Crippen molar-refractivity contribution in [3.63, 3.8) is 0 Å². The molecular weight excluding hydrogens is 495 g/mol. The number of benzene rings is 2. The summed E-state index contributed by atoms with van der Waals surface area (Å²) < 4.78 is 29.6. The molecule has 1 N–H and O–H groups in total. The van der Waals surface area contributed by atoms with Gasteiger partial charge in [-0.3, -0.25) is 14.5 Å². The lowest BCUT2D eigenvalue weighted by Crippen LogP contribution is -2.43. The van der Waals surface area contributed by atoms with Gasteiger partial charge >= 0.3 is 5.57 Å². The molecule has 0 aromatic heterocycles. The van der Waals surface area contributed by atoms with Gasteiger partial charge in [-0.1, -0.05) is 35.0 Å². The number of nitrogens with zero attached hydrogens (tertiary/aromatic N) is 2. The van der Waals surface area contributed by atoms with E-state index in [2.05, 4.69) is 15.0 Å². The van der Waals surface area contributed by atoms with Crippen LogP contribution in [-0.2, 0) is 9.59 Å². The molecule has 12 heteroatoms. The number of carbonyl (C=O) groups excluding carboxylic acids is 2. The molecule has 0 radical (unpaired) electrons. The summed E-state index contributed by atoms with van der Waals surface area (Å²) in [7, 11) is 1.56. The van der Waals surface area contributed by atoms with Crippen LogP contribution in [0.5, 0.6) is 5.75 Å². The zero-order chi connectivity index (χ0) is 22.8. The second kappa shape index (κ2) is 9.60. The number of nitrogens with one attached hydrogen (secondary N) is 1. The highest BCUT2D eigenvalue weighted by atomic mass is 35.5. The maximum Gasteiger partial charge on any atom is 0.487 e. The summed E-state index contributed by atoms with van der Waals surface area (Å²) in [6, 6.07) is 9.98. The first-order valence-electron chi connectivity index (χ1n) is 8.65. The third-order valence-corrected chi connectivity index (χ3v) is 6.10. The number of anilines is 1. The number of carbonyl (C=O) groups is 2. The fourth-order valence-electron chi connectivity index (χ4n) is 2.53. The molecule has 31 heavy (non-hydrogen) atoms. The van der Waals surface area contributed by atoms with E-state index in [0.29, 0.717) is 26.6 Å². The molecule has 2 aromatic rings. The number of amidine groups is 1. The fraction of sp³-hybridized carbons (Fsp3) is 0.211. The Balaban J connectivity index is 1.71. The molecule has 2 aromatic carbocycles. The van der Waals surface area contributed by atoms with Crippen molar-refractivity contribution in [2.24, 2.45) is 4.99 Å². The number of ether oxygens (including phenoxy) is 1. The summed E-state index contributed by atoms with van der Waals surface area (Å²) in [5.74, 6) is -0.895. The van der Waals surface area contributed by atoms with Crippen molar-refractivity contribution in [1.29, 1.82) is 0 Å². The number of halogens is 5. The van der Waals surface area contributed by atoms with Crippen molar-refractivity contribution in [2.75, 3.05) is 12.4 Å². The van der Waals surface area contributed by atoms with Gasteiger partial charge < -0.3 is 10.1 Å². The molecule has 0 aliphatic carbocycles. The molecular formula is C19H14Cl3F2N3O3S. The predicted molar refractivity (Wildman–Crippen MR) is 119 cm³/mol. The number of aliphatic imine (C=N–C) groups is 1. The van der Waals surface area contributed by atoms with E-state index in [1.165, 1.54) is 29.2 Å². The Morgan fingerprint density at radius 3 is 2.52 bits per heavy atom. The van der Waals surface area contributed by atoms with Crippen LogP contribution in [0.15, 0.2) is 47.5 Å². The lowest BCUT2D eigenvalue weighted by Gasteiger charge is -2.28. The Morgan fingerprint density at radius 2 is 1.90 bits per heavy atom. The third kappa shape index (κ3) is 6.46. The van der Waals surface area contributed by atoms with Gasteiger partial charge in [0.15, 0.2) is 5.17 Å². The molecule has 1 fully saturated rings. The lowest BCUT2D eigenvalue weighted by atomic mass is 10.2. The number of hydrogen-bond acceptors (Lipinski definition) is 5. The molecule has 6 nitrogen and oxygen atoms in total. The first kappa shape index (κ1) is 23.6. The van der Waals surface area contributed by atoms with Crippen LogP contribution in [0, 0.1) is 0 Å². The van der Waals surface area contributed by atoms with Crippen LogP contribution in [0.1, 0.15) is 6.42 Å². The number of thioether (sulfide) groups is 1. The normalized spacial score (nSPS) is 18.3. The van der Waals surface area contributed by atoms with Crippen molar-refractivity contribution in [2.45, 2.75) is 17.2 Å². The smallest absolute Gasteiger partial charge is 0.420 e. The third-order valence-electron chi connectivity index (χ3n) is 4.04. The molecule has 1 unspecified atom stereocenters. The maximum atomic E-state index is 12.7. The van der Waals surface area contributed by atoms with Crippen molar-refractivity contribution in [1.82, 2.24) is 4.90 Å². The molecule has 1 heterocycles. The average Bonchev–Trinajstić information content (AvgIpc) is 2.68. The Hall–Kier alpha value is -2.07. The van der Waals surface area contributed by atoms with Gasteiger partial charge in [0.05, 0.1) is 15.7 Å². The summed E-state index contributed by atoms with van der Waals surface area (Å²) in [5.41, 5.74) is -3.02. The molecule has 0 spiro atoms. The van der Waals surface area contributed by atoms with Crippen molar-refractivity contribution < 1.29 is 23.1 Å². The number of hydrogen-bond donors (Lipinski definition) is 1. The Bertz CT molecular complexity index is 1030. The second-order valence-corrected chi connectivity index (χ2v) is 8.74. The van der Waals surface area contributed by atoms with E-state index in [0.717, 1.165) is 11.8 Å². The minimum Gasteiger partial charge on any atom is -0.420 e. The molecule has 0 saturated carbocycles. The van der Waals surface area contributed by atoms with Gasteiger partial charge in [-0.15, -0.1) is 8.78 Å². The van der Waals surface area contributed by atoms with Gasteiger partial charge in [-0.05, 0) is 42.5 Å². The van der Waals surface area contributed by atoms with E-state index >= 15 is 0 Å². The van der Waals surface area contributed by atoms with Crippen LogP contribution in [0.4, 0.5) is 20.2 Å². The zero-order valence-corrected chi connectivity index (χ0v) is 18.8. The van der Waals surface area contributed by atoms with E-state index in [1.807, 2.05) is 0 Å². The van der Waals surface area contributed by atoms with Crippen LogP contribution in [0.2, 0.25) is 10.0 Å². The van der Waals surface area contributed by atoms with Crippen LogP contribution in [0.3, 0.4) is 0 Å². The summed E-state index contributed by atoms with van der Waals surface area (Å²) >= 11 is 17.7. The Morgan fingerprint density at radius 1 is 1.23 bits per heavy atom. The van der Waals surface area contributed by atoms with Crippen LogP contribution in [-0.4, -0.2) is 39.7 Å². The van der Waals surface area contributed by atoms with Gasteiger partial charge in [0.25, 0.3) is 0 Å². The second-order valence-electron chi connectivity index (χ2n) is 6.32. The highest BCUT2D eigenvalue weighted by Gasteiger charge is 2.34. The highest BCUT2D eigenvalue weighted by Crippen LogP contribution is 2.32. The Labute approximate surface area is 195 Å². The SMILES string of the molecule is CN1C(=O)CC(C(=O)Nc2ccc(OC(F)(F)Cl)cc2)SC1=Nc1ccc(Cl)c(Cl)c1. The van der Waals surface area contributed by atoms with E-state index in [-0.39, 0.29) is 18.1 Å². The predicted octanol–water partition coefficient (Wildman–Crippen LogP) is 5.75. The molecule has 1 atom stereocenters. The first-order valence-corrected chi connectivity index (χ1v) is 10.7. The molecule has 1 aliphatic rings. The monoisotopic (exact) mass is 507 g/mol. The van der Waals surface area contributed by atoms with Gasteiger partial charge in [0.2, 0.25) is 11.8 Å². The molecule has 2 amide bonds. The van der Waals surface area contributed by atoms with Gasteiger partial charge in [-0.25, -0.2) is 4.99 Å². The number of rotatable bonds is 5. The van der Waals surface area contributed by atoms with Crippen LogP contribution in [0.25, 0.3) is 0 Å². The Kier molecular flexibility index (Phi) is 7.31. The number of amides is 2. The largest absolute Gasteiger partial charge is 0.487 e. The van der Waals surface area contributed by atoms with Crippen molar-refractivity contribution in [3.8, 4) is 5.75 Å². The van der Waals surface area contributed by atoms with Gasteiger partial charge in [0.1, 0.15) is 11.0 Å². The summed E-state index contributed by atoms with van der Waals surface area (Å²) in [5, 5.41) is 2.90. The van der Waals surface area contributed by atoms with Crippen molar-refractivity contribution >= 4 is 74.9 Å². The summed E-state index contributed by atoms with van der Waals surface area (Å²) in [6.07, 6.45) is -0.0347. The fourth-order valence-corrected chi connectivity index (χ4v) is 3.97. The summed E-state index contributed by atoms with van der Waals surface area (Å²) in [6.45, 7) is 0. The van der Waals surface area contributed by atoms with Crippen LogP contribution >= 0.6 is 46.6 Å². The highest BCUT2D eigenvalue weighted by molar-refractivity contribution is 8.15. The average molecular weight is 509 g/mol. The van der Waals surface area contributed by atoms with Gasteiger partial charge in [-0.2, -0.15) is 0 Å². The van der Waals surface area contributed by atoms with E-state index in [1.54, 1.807) is 25.2 Å². The topological polar surface area (TPSA) is 71.0 Å². The molecule has 1 saturated heterocycles. The standard InChI is InChI=1S/C19H14Cl3F2N3O3S/c1-27-16(28)9-15(31-18(27)26-11-4-7-13(20)14(21)8-11)17(29)25-10-2-5-12(6-3-10)30-19(22,23)24/h2-8,15H,9H2,1H3,(H,25,29). The summed E-state index contributed by atoms with van der Waals surface area (Å²) in [4.78, 5) is 30.8. The minimum atomic E-state index is -3.83. The molecule has 0 bridgehead atoms. The minimum absolute atomic E-state index is 0.0347. The van der Waals surface area contributed by atoms with E-state index in [9.17, 15) is 18.4 Å². The quantitative estimate of drug-likeness (QED) is 0.522. The first-order chi connectivity index (χ1) is 14.5. The number of alkyl halides is 3. The maximum absolute atomic E-state index is 12.7. The van der Waals surface area contributed by atoms with E-state index < -0.39 is 16.7 Å². The van der Waals surface area contributed by atoms with Crippen molar-refractivity contribution in [3.05, 3.63) is 52.5 Å². The zero-order valence-electron chi connectivity index (χ0n) is 15.7. The lowest BCUT2D eigenvalue weighted by molar-refractivity contribution is -0.128. The molecule has 3 rings (SSSR count). The van der Waals surface area contributed by atoms with Crippen LogP contribution < -0.4 is 10.1 Å². The van der Waals surface area contributed by atoms with E-state index in [4.69, 9.17) is 34.8 Å². The van der Waals surface area contributed by atoms with Gasteiger partial charge in [0, 0.05) is 30.8 Å². The molecule has 164 valence electrons. The molecule has 1 aliphatic heterocycles.